The molecule has 0 spiro atoms. The molecule has 0 aliphatic heterocycles. The minimum absolute atomic E-state index is 0.127. The predicted octanol–water partition coefficient (Wildman–Crippen LogP) is -0.448. The van der Waals surface area contributed by atoms with E-state index in [1.165, 1.54) is 6.42 Å². The fourth-order valence-corrected chi connectivity index (χ4v) is 2.24. The van der Waals surface area contributed by atoms with Crippen LogP contribution in [-0.4, -0.2) is 81.5 Å². The molecule has 23 heavy (non-hydrogen) atoms. The summed E-state index contributed by atoms with van der Waals surface area (Å²) in [5, 5.41) is 55.2. The van der Waals surface area contributed by atoms with Crippen LogP contribution in [0.4, 0.5) is 0 Å². The Morgan fingerprint density at radius 3 is 1.61 bits per heavy atom. The fraction of sp³-hybridized carbons (Fsp3) is 1.00. The van der Waals surface area contributed by atoms with Crippen molar-refractivity contribution < 1.29 is 35.4 Å². The lowest BCUT2D eigenvalue weighted by atomic mass is 10.0. The molecule has 0 saturated heterocycles. The molecule has 0 bridgehead atoms. The van der Waals surface area contributed by atoms with Gasteiger partial charge in [0.2, 0.25) is 0 Å². The quantitative estimate of drug-likeness (QED) is 0.210. The molecular formula is C16H34O7. The Bertz CT molecular complexity index is 253. The van der Waals surface area contributed by atoms with Crippen LogP contribution in [0.3, 0.4) is 0 Å². The Kier molecular flexibility index (Phi) is 15.1. The van der Waals surface area contributed by atoms with Crippen LogP contribution >= 0.6 is 0 Å². The number of unbranched alkanes of at least 4 members (excludes halogenated alkanes) is 7. The number of hydrogen-bond donors (Lipinski definition) is 6. The van der Waals surface area contributed by atoms with Gasteiger partial charge in [-0.25, -0.2) is 0 Å². The van der Waals surface area contributed by atoms with Crippen molar-refractivity contribution in [3.8, 4) is 0 Å². The summed E-state index contributed by atoms with van der Waals surface area (Å²) >= 11 is 0. The summed E-state index contributed by atoms with van der Waals surface area (Å²) in [6, 6.07) is 0. The third-order valence-electron chi connectivity index (χ3n) is 3.81. The van der Waals surface area contributed by atoms with Crippen molar-refractivity contribution in [2.24, 2.45) is 0 Å². The van der Waals surface area contributed by atoms with Crippen molar-refractivity contribution >= 4 is 0 Å². The minimum atomic E-state index is -1.61. The van der Waals surface area contributed by atoms with E-state index in [1.54, 1.807) is 0 Å². The highest BCUT2D eigenvalue weighted by Crippen LogP contribution is 2.09. The smallest absolute Gasteiger partial charge is 0.111 e. The van der Waals surface area contributed by atoms with E-state index < -0.39 is 31.0 Å². The van der Waals surface area contributed by atoms with E-state index in [1.807, 2.05) is 0 Å². The lowest BCUT2D eigenvalue weighted by Gasteiger charge is -2.25. The Morgan fingerprint density at radius 1 is 0.609 bits per heavy atom. The number of rotatable bonds is 16. The zero-order valence-electron chi connectivity index (χ0n) is 13.9. The zero-order chi connectivity index (χ0) is 17.5. The zero-order valence-corrected chi connectivity index (χ0v) is 13.9. The molecule has 0 fully saturated rings. The summed E-state index contributed by atoms with van der Waals surface area (Å²) in [7, 11) is 0. The first kappa shape index (κ1) is 22.7. The van der Waals surface area contributed by atoms with E-state index in [-0.39, 0.29) is 13.2 Å². The molecule has 4 unspecified atom stereocenters. The lowest BCUT2D eigenvalue weighted by molar-refractivity contribution is -0.129. The second-order valence-corrected chi connectivity index (χ2v) is 5.93. The Labute approximate surface area is 138 Å². The first-order valence-electron chi connectivity index (χ1n) is 8.56. The molecule has 0 saturated carbocycles. The summed E-state index contributed by atoms with van der Waals surface area (Å²) in [5.41, 5.74) is 0. The number of aliphatic hydroxyl groups is 6. The van der Waals surface area contributed by atoms with E-state index >= 15 is 0 Å². The molecule has 0 radical (unpaired) electrons. The van der Waals surface area contributed by atoms with E-state index in [0.717, 1.165) is 44.9 Å². The van der Waals surface area contributed by atoms with E-state index in [2.05, 4.69) is 0 Å². The van der Waals surface area contributed by atoms with Gasteiger partial charge in [-0.1, -0.05) is 38.5 Å². The lowest BCUT2D eigenvalue weighted by Crippen LogP contribution is -2.47. The molecule has 7 heteroatoms. The third kappa shape index (κ3) is 11.8. The van der Waals surface area contributed by atoms with Crippen molar-refractivity contribution in [1.29, 1.82) is 0 Å². The van der Waals surface area contributed by atoms with Crippen LogP contribution in [0.15, 0.2) is 0 Å². The third-order valence-corrected chi connectivity index (χ3v) is 3.81. The molecule has 0 amide bonds. The number of aliphatic hydroxyl groups excluding tert-OH is 6. The van der Waals surface area contributed by atoms with Gasteiger partial charge in [-0.3, -0.25) is 0 Å². The maximum atomic E-state index is 9.63. The van der Waals surface area contributed by atoms with Gasteiger partial charge >= 0.3 is 0 Å². The van der Waals surface area contributed by atoms with Gasteiger partial charge in [0.05, 0.1) is 13.2 Å². The van der Waals surface area contributed by atoms with Crippen LogP contribution in [0.2, 0.25) is 0 Å². The van der Waals surface area contributed by atoms with Crippen molar-refractivity contribution in [3.63, 3.8) is 0 Å². The molecule has 4 atom stereocenters. The monoisotopic (exact) mass is 338 g/mol. The van der Waals surface area contributed by atoms with Gasteiger partial charge in [0, 0.05) is 13.2 Å². The largest absolute Gasteiger partial charge is 0.396 e. The van der Waals surface area contributed by atoms with Crippen molar-refractivity contribution in [3.05, 3.63) is 0 Å². The second-order valence-electron chi connectivity index (χ2n) is 5.93. The first-order chi connectivity index (χ1) is 11.0. The minimum Gasteiger partial charge on any atom is -0.396 e. The molecule has 0 heterocycles. The Morgan fingerprint density at radius 2 is 1.09 bits per heavy atom. The molecule has 0 aromatic carbocycles. The summed E-state index contributed by atoms with van der Waals surface area (Å²) in [6.45, 7) is -0.0792. The fourth-order valence-electron chi connectivity index (χ4n) is 2.24. The molecule has 140 valence electrons. The van der Waals surface area contributed by atoms with Crippen LogP contribution in [-0.2, 0) is 4.74 Å². The molecular weight excluding hydrogens is 304 g/mol. The van der Waals surface area contributed by atoms with Gasteiger partial charge in [0.15, 0.2) is 0 Å². The molecule has 7 nitrogen and oxygen atoms in total. The highest BCUT2D eigenvalue weighted by molar-refractivity contribution is 4.80. The SMILES string of the molecule is OCCCCCCCCCCOCC(O)C(O)C(O)C(O)CO. The summed E-state index contributed by atoms with van der Waals surface area (Å²) < 4.78 is 5.25. The van der Waals surface area contributed by atoms with E-state index in [4.69, 9.17) is 14.9 Å². The maximum absolute atomic E-state index is 9.63. The average Bonchev–Trinajstić information content (AvgIpc) is 2.57. The van der Waals surface area contributed by atoms with Gasteiger partial charge in [-0.15, -0.1) is 0 Å². The van der Waals surface area contributed by atoms with Gasteiger partial charge in [0.1, 0.15) is 24.4 Å². The molecule has 0 aromatic heterocycles. The topological polar surface area (TPSA) is 131 Å². The molecule has 0 rings (SSSR count). The van der Waals surface area contributed by atoms with E-state index in [9.17, 15) is 20.4 Å². The standard InChI is InChI=1S/C16H34O7/c17-9-7-5-3-1-2-4-6-8-10-23-12-14(20)16(22)15(21)13(19)11-18/h13-22H,1-12H2. The van der Waals surface area contributed by atoms with Gasteiger partial charge in [-0.2, -0.15) is 0 Å². The highest BCUT2D eigenvalue weighted by Gasteiger charge is 2.29. The van der Waals surface area contributed by atoms with Crippen LogP contribution < -0.4 is 0 Å². The maximum Gasteiger partial charge on any atom is 0.111 e. The average molecular weight is 338 g/mol. The number of ether oxygens (including phenoxy) is 1. The normalized spacial score (nSPS) is 17.0. The predicted molar refractivity (Wildman–Crippen MR) is 86.0 cm³/mol. The first-order valence-corrected chi connectivity index (χ1v) is 8.56. The van der Waals surface area contributed by atoms with Crippen LogP contribution in [0.25, 0.3) is 0 Å². The van der Waals surface area contributed by atoms with Crippen molar-refractivity contribution in [2.75, 3.05) is 26.4 Å². The summed E-state index contributed by atoms with van der Waals surface area (Å²) in [5.74, 6) is 0. The Hall–Kier alpha value is -0.280. The van der Waals surface area contributed by atoms with Crippen LogP contribution in [0, 0.1) is 0 Å². The summed E-state index contributed by atoms with van der Waals surface area (Å²) in [6.07, 6.45) is 2.51. The summed E-state index contributed by atoms with van der Waals surface area (Å²) in [4.78, 5) is 0. The van der Waals surface area contributed by atoms with Gasteiger partial charge in [-0.05, 0) is 12.8 Å². The van der Waals surface area contributed by atoms with Crippen molar-refractivity contribution in [2.45, 2.75) is 75.8 Å². The number of hydrogen-bond acceptors (Lipinski definition) is 7. The van der Waals surface area contributed by atoms with Gasteiger partial charge in [0.25, 0.3) is 0 Å². The van der Waals surface area contributed by atoms with Crippen molar-refractivity contribution in [1.82, 2.24) is 0 Å². The highest BCUT2D eigenvalue weighted by atomic mass is 16.5. The molecule has 0 aliphatic carbocycles. The van der Waals surface area contributed by atoms with E-state index in [0.29, 0.717) is 6.61 Å². The second kappa shape index (κ2) is 15.3. The van der Waals surface area contributed by atoms with Crippen LogP contribution in [0.1, 0.15) is 51.4 Å². The Balaban J connectivity index is 3.46. The van der Waals surface area contributed by atoms with Gasteiger partial charge < -0.3 is 35.4 Å². The van der Waals surface area contributed by atoms with Crippen LogP contribution in [0.5, 0.6) is 0 Å². The molecule has 0 aliphatic rings. The molecule has 0 aromatic rings. The molecule has 6 N–H and O–H groups in total.